The largest absolute Gasteiger partial charge is 0.494 e. The number of nitrogens with zero attached hydrogens (tertiary/aromatic N) is 1. The van der Waals surface area contributed by atoms with Gasteiger partial charge in [0.05, 0.1) is 11.2 Å². The molecular weight excluding hydrogens is 369 g/mol. The fraction of sp³-hybridized carbons (Fsp3) is 0.478. The molecule has 2 aliphatic heterocycles. The topological polar surface area (TPSA) is 21.7 Å². The maximum absolute atomic E-state index is 6.43. The molecule has 1 fully saturated rings. The highest BCUT2D eigenvalue weighted by molar-refractivity contribution is 6.62. The number of hydrogen-bond donors (Lipinski definition) is 0. The summed E-state index contributed by atoms with van der Waals surface area (Å²) in [5.74, 6) is 0. The van der Waals surface area contributed by atoms with Gasteiger partial charge >= 0.3 is 7.12 Å². The van der Waals surface area contributed by atoms with Crippen LogP contribution in [0.15, 0.2) is 36.4 Å². The Morgan fingerprint density at radius 1 is 1.04 bits per heavy atom. The van der Waals surface area contributed by atoms with Crippen LogP contribution in [0.1, 0.15) is 49.9 Å². The summed E-state index contributed by atoms with van der Waals surface area (Å²) in [6, 6.07) is 12.8. The Balaban J connectivity index is 1.50. The van der Waals surface area contributed by atoms with Crippen molar-refractivity contribution in [1.29, 1.82) is 0 Å². The standard InChI is InChI=1S/C23H29BClNO2/c1-16-7-6-8-21(25)20(16)15-26-12-11-17-13-19(10-9-18(17)14-26)24-27-22(2,3)23(4,5)28-24/h6-10,13H,11-12,14-15H2,1-5H3. The number of halogens is 1. The van der Waals surface area contributed by atoms with Gasteiger partial charge in [0.25, 0.3) is 0 Å². The van der Waals surface area contributed by atoms with Crippen molar-refractivity contribution in [3.05, 3.63) is 63.7 Å². The predicted molar refractivity (Wildman–Crippen MR) is 116 cm³/mol. The normalized spacial score (nSPS) is 21.0. The lowest BCUT2D eigenvalue weighted by molar-refractivity contribution is 0.00578. The fourth-order valence-electron chi connectivity index (χ4n) is 3.98. The molecule has 0 atom stereocenters. The van der Waals surface area contributed by atoms with Crippen LogP contribution in [0, 0.1) is 6.92 Å². The summed E-state index contributed by atoms with van der Waals surface area (Å²) in [4.78, 5) is 2.48. The minimum atomic E-state index is -0.308. The monoisotopic (exact) mass is 397 g/mol. The van der Waals surface area contributed by atoms with E-state index in [1.54, 1.807) is 0 Å². The molecule has 5 heteroatoms. The minimum absolute atomic E-state index is 0.292. The molecule has 0 radical (unpaired) electrons. The van der Waals surface area contributed by atoms with Crippen molar-refractivity contribution in [3.63, 3.8) is 0 Å². The molecule has 0 unspecified atom stereocenters. The van der Waals surface area contributed by atoms with Gasteiger partial charge in [0.15, 0.2) is 0 Å². The zero-order valence-electron chi connectivity index (χ0n) is 17.5. The van der Waals surface area contributed by atoms with E-state index in [1.807, 2.05) is 12.1 Å². The Kier molecular flexibility index (Phi) is 5.12. The van der Waals surface area contributed by atoms with Crippen molar-refractivity contribution in [3.8, 4) is 0 Å². The zero-order valence-corrected chi connectivity index (χ0v) is 18.3. The molecule has 2 aromatic carbocycles. The van der Waals surface area contributed by atoms with Gasteiger partial charge in [-0.05, 0) is 74.8 Å². The second-order valence-corrected chi connectivity index (χ2v) is 9.52. The maximum Gasteiger partial charge on any atom is 0.494 e. The fourth-order valence-corrected chi connectivity index (χ4v) is 4.26. The van der Waals surface area contributed by atoms with Crippen molar-refractivity contribution in [1.82, 2.24) is 4.90 Å². The average molecular weight is 398 g/mol. The van der Waals surface area contributed by atoms with Crippen molar-refractivity contribution in [2.45, 2.75) is 65.3 Å². The summed E-state index contributed by atoms with van der Waals surface area (Å²) in [5.41, 5.74) is 5.79. The van der Waals surface area contributed by atoms with E-state index in [-0.39, 0.29) is 18.3 Å². The second kappa shape index (κ2) is 7.18. The Hall–Kier alpha value is -1.33. The number of hydrogen-bond acceptors (Lipinski definition) is 3. The molecule has 0 spiro atoms. The third-order valence-corrected chi connectivity index (χ3v) is 6.94. The summed E-state index contributed by atoms with van der Waals surface area (Å²) >= 11 is 6.43. The van der Waals surface area contributed by atoms with E-state index in [0.717, 1.165) is 36.5 Å². The molecule has 2 aliphatic rings. The van der Waals surface area contributed by atoms with Crippen LogP contribution in [0.2, 0.25) is 5.02 Å². The SMILES string of the molecule is Cc1cccc(Cl)c1CN1CCc2cc(B3OC(C)(C)C(C)(C)O3)ccc2C1. The van der Waals surface area contributed by atoms with Gasteiger partial charge in [-0.3, -0.25) is 4.90 Å². The van der Waals surface area contributed by atoms with Gasteiger partial charge < -0.3 is 9.31 Å². The van der Waals surface area contributed by atoms with E-state index in [1.165, 1.54) is 22.3 Å². The molecular formula is C23H29BClNO2. The summed E-state index contributed by atoms with van der Waals surface area (Å²) in [6.45, 7) is 13.4. The molecule has 2 aromatic rings. The van der Waals surface area contributed by atoms with Gasteiger partial charge in [-0.25, -0.2) is 0 Å². The van der Waals surface area contributed by atoms with E-state index >= 15 is 0 Å². The lowest BCUT2D eigenvalue weighted by Gasteiger charge is -2.32. The predicted octanol–water partition coefficient (Wildman–Crippen LogP) is 4.51. The smallest absolute Gasteiger partial charge is 0.399 e. The zero-order chi connectivity index (χ0) is 20.1. The van der Waals surface area contributed by atoms with Gasteiger partial charge in [-0.15, -0.1) is 0 Å². The number of aryl methyl sites for hydroxylation is 1. The minimum Gasteiger partial charge on any atom is -0.399 e. The van der Waals surface area contributed by atoms with E-state index in [9.17, 15) is 0 Å². The third-order valence-electron chi connectivity index (χ3n) is 6.58. The molecule has 4 rings (SSSR count). The molecule has 3 nitrogen and oxygen atoms in total. The third kappa shape index (κ3) is 3.64. The highest BCUT2D eigenvalue weighted by atomic mass is 35.5. The first kappa shape index (κ1) is 20.0. The Bertz CT molecular complexity index is 860. The number of rotatable bonds is 3. The Morgan fingerprint density at radius 2 is 1.75 bits per heavy atom. The molecule has 0 bridgehead atoms. The van der Waals surface area contributed by atoms with Gasteiger partial charge in [-0.1, -0.05) is 41.9 Å². The van der Waals surface area contributed by atoms with Crippen molar-refractivity contribution >= 4 is 24.2 Å². The van der Waals surface area contributed by atoms with Crippen LogP contribution >= 0.6 is 11.6 Å². The van der Waals surface area contributed by atoms with Crippen LogP contribution in [0.5, 0.6) is 0 Å². The van der Waals surface area contributed by atoms with Crippen molar-refractivity contribution in [2.24, 2.45) is 0 Å². The summed E-state index contributed by atoms with van der Waals surface area (Å²) in [6.07, 6.45) is 1.03. The van der Waals surface area contributed by atoms with E-state index < -0.39 is 0 Å². The Morgan fingerprint density at radius 3 is 2.43 bits per heavy atom. The molecule has 1 saturated heterocycles. The Labute approximate surface area is 174 Å². The molecule has 28 heavy (non-hydrogen) atoms. The van der Waals surface area contributed by atoms with Crippen LogP contribution < -0.4 is 5.46 Å². The van der Waals surface area contributed by atoms with Crippen LogP contribution in [-0.2, 0) is 28.8 Å². The van der Waals surface area contributed by atoms with Gasteiger partial charge in [-0.2, -0.15) is 0 Å². The average Bonchev–Trinajstić information content (AvgIpc) is 2.85. The van der Waals surface area contributed by atoms with Crippen LogP contribution in [-0.4, -0.2) is 29.8 Å². The van der Waals surface area contributed by atoms with E-state index in [2.05, 4.69) is 63.8 Å². The van der Waals surface area contributed by atoms with Crippen molar-refractivity contribution in [2.75, 3.05) is 6.54 Å². The van der Waals surface area contributed by atoms with E-state index in [0.29, 0.717) is 0 Å². The molecule has 0 amide bonds. The lowest BCUT2D eigenvalue weighted by atomic mass is 9.77. The van der Waals surface area contributed by atoms with Crippen molar-refractivity contribution < 1.29 is 9.31 Å². The molecule has 2 heterocycles. The molecule has 0 saturated carbocycles. The summed E-state index contributed by atoms with van der Waals surface area (Å²) in [7, 11) is -0.292. The quantitative estimate of drug-likeness (QED) is 0.711. The van der Waals surface area contributed by atoms with Crippen LogP contribution in [0.3, 0.4) is 0 Å². The van der Waals surface area contributed by atoms with E-state index in [4.69, 9.17) is 20.9 Å². The first-order chi connectivity index (χ1) is 13.2. The van der Waals surface area contributed by atoms with Gasteiger partial charge in [0, 0.05) is 24.7 Å². The molecule has 148 valence electrons. The summed E-state index contributed by atoms with van der Waals surface area (Å²) < 4.78 is 12.4. The summed E-state index contributed by atoms with van der Waals surface area (Å²) in [5, 5.41) is 0.863. The highest BCUT2D eigenvalue weighted by Gasteiger charge is 2.51. The van der Waals surface area contributed by atoms with Crippen LogP contribution in [0.4, 0.5) is 0 Å². The first-order valence-electron chi connectivity index (χ1n) is 10.1. The van der Waals surface area contributed by atoms with Gasteiger partial charge in [0.2, 0.25) is 0 Å². The molecule has 0 N–H and O–H groups in total. The lowest BCUT2D eigenvalue weighted by Crippen LogP contribution is -2.41. The first-order valence-corrected chi connectivity index (χ1v) is 10.5. The molecule has 0 aliphatic carbocycles. The van der Waals surface area contributed by atoms with Gasteiger partial charge in [0.1, 0.15) is 0 Å². The molecule has 0 aromatic heterocycles. The maximum atomic E-state index is 6.43. The highest BCUT2D eigenvalue weighted by Crippen LogP contribution is 2.36. The number of fused-ring (bicyclic) bond motifs is 1. The second-order valence-electron chi connectivity index (χ2n) is 9.11. The van der Waals surface area contributed by atoms with Crippen LogP contribution in [0.25, 0.3) is 0 Å². The number of benzene rings is 2.